The second kappa shape index (κ2) is 12.8. The first kappa shape index (κ1) is 23.5. The first-order valence-corrected chi connectivity index (χ1v) is 9.65. The Kier molecular flexibility index (Phi) is 11.1. The summed E-state index contributed by atoms with van der Waals surface area (Å²) in [6.45, 7) is 5.53. The SMILES string of the molecule is CN=C(NCCCc1nc(C)cs1)NCC(C)Oc1ccccc1OC.I. The van der Waals surface area contributed by atoms with Crippen molar-refractivity contribution in [2.45, 2.75) is 32.8 Å². The maximum absolute atomic E-state index is 5.94. The number of nitrogens with one attached hydrogen (secondary N) is 2. The normalized spacial score (nSPS) is 12.1. The highest BCUT2D eigenvalue weighted by Gasteiger charge is 2.09. The maximum atomic E-state index is 5.94. The zero-order valence-electron chi connectivity index (χ0n) is 16.3. The molecule has 150 valence electrons. The number of thiazole rings is 1. The minimum absolute atomic E-state index is 0. The van der Waals surface area contributed by atoms with Gasteiger partial charge < -0.3 is 20.1 Å². The van der Waals surface area contributed by atoms with Crippen LogP contribution >= 0.6 is 35.3 Å². The fourth-order valence-corrected chi connectivity index (χ4v) is 3.22. The number of guanidine groups is 1. The van der Waals surface area contributed by atoms with Gasteiger partial charge in [0.15, 0.2) is 17.5 Å². The highest BCUT2D eigenvalue weighted by molar-refractivity contribution is 14.0. The molecule has 1 heterocycles. The van der Waals surface area contributed by atoms with E-state index in [1.54, 1.807) is 25.5 Å². The summed E-state index contributed by atoms with van der Waals surface area (Å²) >= 11 is 1.72. The molecule has 1 atom stereocenters. The molecule has 0 radical (unpaired) electrons. The fraction of sp³-hybridized carbons (Fsp3) is 0.474. The van der Waals surface area contributed by atoms with Gasteiger partial charge in [-0.15, -0.1) is 35.3 Å². The van der Waals surface area contributed by atoms with Crippen LogP contribution in [0.4, 0.5) is 0 Å². The topological polar surface area (TPSA) is 67.8 Å². The van der Waals surface area contributed by atoms with Crippen LogP contribution in [0.5, 0.6) is 11.5 Å². The van der Waals surface area contributed by atoms with Crippen molar-refractivity contribution in [3.63, 3.8) is 0 Å². The van der Waals surface area contributed by atoms with Crippen LogP contribution in [0.15, 0.2) is 34.6 Å². The van der Waals surface area contributed by atoms with Gasteiger partial charge in [-0.25, -0.2) is 4.98 Å². The van der Waals surface area contributed by atoms with Crippen LogP contribution in [0.25, 0.3) is 0 Å². The average molecular weight is 504 g/mol. The molecule has 0 aliphatic carbocycles. The van der Waals surface area contributed by atoms with Crippen LogP contribution in [-0.2, 0) is 6.42 Å². The van der Waals surface area contributed by atoms with E-state index in [0.29, 0.717) is 6.54 Å². The number of aliphatic imine (C=N–C) groups is 1. The van der Waals surface area contributed by atoms with E-state index in [1.165, 1.54) is 5.01 Å². The first-order chi connectivity index (χ1) is 12.6. The lowest BCUT2D eigenvalue weighted by Crippen LogP contribution is -2.42. The summed E-state index contributed by atoms with van der Waals surface area (Å²) in [7, 11) is 3.41. The molecule has 2 N–H and O–H groups in total. The van der Waals surface area contributed by atoms with E-state index >= 15 is 0 Å². The van der Waals surface area contributed by atoms with Crippen molar-refractivity contribution in [2.24, 2.45) is 4.99 Å². The third-order valence-corrected chi connectivity index (χ3v) is 4.73. The number of aromatic nitrogens is 1. The number of halogens is 1. The summed E-state index contributed by atoms with van der Waals surface area (Å²) in [6.07, 6.45) is 1.97. The molecule has 1 aromatic heterocycles. The molecule has 2 rings (SSSR count). The van der Waals surface area contributed by atoms with Crippen molar-refractivity contribution >= 4 is 41.3 Å². The van der Waals surface area contributed by atoms with E-state index < -0.39 is 0 Å². The summed E-state index contributed by atoms with van der Waals surface area (Å²) in [4.78, 5) is 8.73. The second-order valence-electron chi connectivity index (χ2n) is 5.95. The monoisotopic (exact) mass is 504 g/mol. The number of aryl methyl sites for hydroxylation is 2. The minimum Gasteiger partial charge on any atom is -0.493 e. The van der Waals surface area contributed by atoms with E-state index in [2.05, 4.69) is 26.0 Å². The van der Waals surface area contributed by atoms with Gasteiger partial charge in [0.25, 0.3) is 0 Å². The second-order valence-corrected chi connectivity index (χ2v) is 6.89. The predicted octanol–water partition coefficient (Wildman–Crippen LogP) is 3.64. The molecule has 0 fully saturated rings. The number of ether oxygens (including phenoxy) is 2. The smallest absolute Gasteiger partial charge is 0.191 e. The molecule has 0 saturated carbocycles. The summed E-state index contributed by atoms with van der Waals surface area (Å²) in [5, 5.41) is 9.89. The number of rotatable bonds is 9. The summed E-state index contributed by atoms with van der Waals surface area (Å²) in [5.74, 6) is 2.25. The molecule has 8 heteroatoms. The van der Waals surface area contributed by atoms with Gasteiger partial charge in [-0.1, -0.05) is 12.1 Å². The molecular weight excluding hydrogens is 475 g/mol. The number of para-hydroxylation sites is 2. The standard InChI is InChI=1S/C19H28N4O2S.HI/c1-14-13-26-18(23-14)10-7-11-21-19(20-3)22-12-15(2)25-17-9-6-5-8-16(17)24-4;/h5-6,8-9,13,15H,7,10-12H2,1-4H3,(H2,20,21,22);1H. The first-order valence-electron chi connectivity index (χ1n) is 8.77. The molecule has 0 spiro atoms. The average Bonchev–Trinajstić information content (AvgIpc) is 3.06. The van der Waals surface area contributed by atoms with E-state index in [9.17, 15) is 0 Å². The van der Waals surface area contributed by atoms with Crippen LogP contribution in [0, 0.1) is 6.92 Å². The van der Waals surface area contributed by atoms with Crippen molar-refractivity contribution in [1.29, 1.82) is 0 Å². The zero-order valence-corrected chi connectivity index (χ0v) is 19.5. The maximum Gasteiger partial charge on any atom is 0.191 e. The zero-order chi connectivity index (χ0) is 18.8. The van der Waals surface area contributed by atoms with Gasteiger partial charge >= 0.3 is 0 Å². The Morgan fingerprint density at radius 2 is 2.00 bits per heavy atom. The molecule has 0 aliphatic heterocycles. The van der Waals surface area contributed by atoms with E-state index in [1.807, 2.05) is 38.1 Å². The van der Waals surface area contributed by atoms with Gasteiger partial charge in [0.2, 0.25) is 0 Å². The molecule has 1 aromatic carbocycles. The van der Waals surface area contributed by atoms with Crippen molar-refractivity contribution in [1.82, 2.24) is 15.6 Å². The van der Waals surface area contributed by atoms with Gasteiger partial charge in [-0.2, -0.15) is 0 Å². The van der Waals surface area contributed by atoms with E-state index in [-0.39, 0.29) is 30.1 Å². The quantitative estimate of drug-likeness (QED) is 0.236. The molecular formula is C19H29IN4O2S. The van der Waals surface area contributed by atoms with Crippen molar-refractivity contribution in [2.75, 3.05) is 27.2 Å². The van der Waals surface area contributed by atoms with E-state index in [4.69, 9.17) is 9.47 Å². The lowest BCUT2D eigenvalue weighted by Gasteiger charge is -2.19. The Bertz CT molecular complexity index is 709. The van der Waals surface area contributed by atoms with Crippen LogP contribution in [0.2, 0.25) is 0 Å². The Balaban J connectivity index is 0.00000364. The lowest BCUT2D eigenvalue weighted by atomic mass is 10.3. The highest BCUT2D eigenvalue weighted by atomic mass is 127. The molecule has 0 aliphatic rings. The van der Waals surface area contributed by atoms with Crippen molar-refractivity contribution < 1.29 is 9.47 Å². The Morgan fingerprint density at radius 3 is 2.63 bits per heavy atom. The van der Waals surface area contributed by atoms with Crippen LogP contribution in [0.3, 0.4) is 0 Å². The predicted molar refractivity (Wildman–Crippen MR) is 123 cm³/mol. The number of methoxy groups -OCH3 is 1. The third kappa shape index (κ3) is 8.34. The fourth-order valence-electron chi connectivity index (χ4n) is 2.40. The van der Waals surface area contributed by atoms with Crippen molar-refractivity contribution in [3.05, 3.63) is 40.3 Å². The Hall–Kier alpha value is -1.55. The van der Waals surface area contributed by atoms with Crippen molar-refractivity contribution in [3.8, 4) is 11.5 Å². The van der Waals surface area contributed by atoms with Gasteiger partial charge in [0.1, 0.15) is 6.10 Å². The summed E-state index contributed by atoms with van der Waals surface area (Å²) < 4.78 is 11.3. The van der Waals surface area contributed by atoms with Crippen LogP contribution in [-0.4, -0.2) is 44.3 Å². The summed E-state index contributed by atoms with van der Waals surface area (Å²) in [5.41, 5.74) is 1.10. The molecule has 2 aromatic rings. The summed E-state index contributed by atoms with van der Waals surface area (Å²) in [6, 6.07) is 7.65. The van der Waals surface area contributed by atoms with Gasteiger partial charge in [0.05, 0.1) is 18.7 Å². The molecule has 0 amide bonds. The van der Waals surface area contributed by atoms with Crippen LogP contribution < -0.4 is 20.1 Å². The van der Waals surface area contributed by atoms with Gasteiger partial charge in [-0.3, -0.25) is 4.99 Å². The van der Waals surface area contributed by atoms with Gasteiger partial charge in [-0.05, 0) is 32.4 Å². The number of hydrogen-bond acceptors (Lipinski definition) is 5. The minimum atomic E-state index is -0.0249. The Labute approximate surface area is 182 Å². The molecule has 0 saturated heterocycles. The number of hydrogen-bond donors (Lipinski definition) is 2. The molecule has 1 unspecified atom stereocenters. The highest BCUT2D eigenvalue weighted by Crippen LogP contribution is 2.26. The molecule has 27 heavy (non-hydrogen) atoms. The molecule has 0 bridgehead atoms. The lowest BCUT2D eigenvalue weighted by molar-refractivity contribution is 0.213. The van der Waals surface area contributed by atoms with Gasteiger partial charge in [0, 0.05) is 31.1 Å². The number of benzene rings is 1. The van der Waals surface area contributed by atoms with E-state index in [0.717, 1.165) is 42.5 Å². The largest absolute Gasteiger partial charge is 0.493 e. The number of nitrogens with zero attached hydrogens (tertiary/aromatic N) is 2. The molecule has 6 nitrogen and oxygen atoms in total. The Morgan fingerprint density at radius 1 is 1.26 bits per heavy atom. The van der Waals surface area contributed by atoms with Crippen LogP contribution in [0.1, 0.15) is 24.0 Å². The third-order valence-electron chi connectivity index (χ3n) is 3.70.